The fourth-order valence-electron chi connectivity index (χ4n) is 1.57. The van der Waals surface area contributed by atoms with E-state index in [2.05, 4.69) is 5.32 Å². The van der Waals surface area contributed by atoms with E-state index in [4.69, 9.17) is 23.1 Å². The van der Waals surface area contributed by atoms with Gasteiger partial charge in [0.05, 0.1) is 17.1 Å². The number of nitrogens with two attached hydrogens (primary N) is 2. The van der Waals surface area contributed by atoms with Crippen molar-refractivity contribution in [3.8, 4) is 0 Å². The average Bonchev–Trinajstić information content (AvgIpc) is 2.38. The highest BCUT2D eigenvalue weighted by Crippen LogP contribution is 2.35. The second-order valence-corrected chi connectivity index (χ2v) is 4.31. The van der Waals surface area contributed by atoms with E-state index < -0.39 is 23.3 Å². The molecule has 0 unspecified atom stereocenters. The first-order chi connectivity index (χ1) is 9.31. The van der Waals surface area contributed by atoms with Gasteiger partial charge in [0.2, 0.25) is 0 Å². The molecule has 2 rings (SSSR count). The number of hydrogen-bond donors (Lipinski definition) is 3. The molecule has 106 valence electrons. The van der Waals surface area contributed by atoms with Crippen LogP contribution in [0.3, 0.4) is 0 Å². The van der Waals surface area contributed by atoms with E-state index >= 15 is 0 Å². The molecule has 3 nitrogen and oxygen atoms in total. The lowest BCUT2D eigenvalue weighted by Crippen LogP contribution is -2.04. The molecule has 0 amide bonds. The summed E-state index contributed by atoms with van der Waals surface area (Å²) < 4.78 is 52.8. The zero-order valence-corrected chi connectivity index (χ0v) is 10.5. The van der Waals surface area contributed by atoms with E-state index in [1.165, 1.54) is 6.07 Å². The molecular weight excluding hydrogens is 298 g/mol. The quantitative estimate of drug-likeness (QED) is 0.449. The van der Waals surface area contributed by atoms with Crippen LogP contribution in [0.5, 0.6) is 0 Å². The van der Waals surface area contributed by atoms with Crippen LogP contribution in [0.1, 0.15) is 0 Å². The van der Waals surface area contributed by atoms with Gasteiger partial charge in [-0.05, 0) is 6.07 Å². The minimum atomic E-state index is -1.63. The normalized spacial score (nSPS) is 10.7. The Bertz CT molecular complexity index is 668. The SMILES string of the molecule is Nc1cc(N)c(Nc2cc(F)c(F)c(F)c2)c(F)c1Cl. The number of nitrogen functional groups attached to an aromatic ring is 2. The lowest BCUT2D eigenvalue weighted by molar-refractivity contribution is 0.448. The molecule has 5 N–H and O–H groups in total. The number of halogens is 5. The Hall–Kier alpha value is -2.15. The molecule has 0 fully saturated rings. The Morgan fingerprint density at radius 3 is 1.95 bits per heavy atom. The summed E-state index contributed by atoms with van der Waals surface area (Å²) in [6.45, 7) is 0. The van der Waals surface area contributed by atoms with Crippen LogP contribution in [0.15, 0.2) is 18.2 Å². The summed E-state index contributed by atoms with van der Waals surface area (Å²) in [6.07, 6.45) is 0. The smallest absolute Gasteiger partial charge is 0.194 e. The van der Waals surface area contributed by atoms with Gasteiger partial charge in [-0.2, -0.15) is 0 Å². The van der Waals surface area contributed by atoms with Crippen molar-refractivity contribution in [2.24, 2.45) is 0 Å². The summed E-state index contributed by atoms with van der Waals surface area (Å²) in [5, 5.41) is 1.95. The Morgan fingerprint density at radius 2 is 1.40 bits per heavy atom. The molecule has 2 aromatic carbocycles. The van der Waals surface area contributed by atoms with E-state index in [1.54, 1.807) is 0 Å². The van der Waals surface area contributed by atoms with Crippen molar-refractivity contribution >= 4 is 34.4 Å². The average molecular weight is 306 g/mol. The Kier molecular flexibility index (Phi) is 3.63. The summed E-state index contributed by atoms with van der Waals surface area (Å²) in [6, 6.07) is 2.49. The van der Waals surface area contributed by atoms with Gasteiger partial charge in [-0.3, -0.25) is 0 Å². The van der Waals surface area contributed by atoms with Crippen molar-refractivity contribution in [3.63, 3.8) is 0 Å². The number of benzene rings is 2. The highest BCUT2D eigenvalue weighted by atomic mass is 35.5. The third kappa shape index (κ3) is 2.44. The first-order valence-corrected chi connectivity index (χ1v) is 5.63. The van der Waals surface area contributed by atoms with E-state index in [0.29, 0.717) is 12.1 Å². The molecule has 0 bridgehead atoms. The first-order valence-electron chi connectivity index (χ1n) is 5.25. The molecule has 0 aliphatic rings. The van der Waals surface area contributed by atoms with Crippen LogP contribution in [0.4, 0.5) is 40.3 Å². The van der Waals surface area contributed by atoms with Crippen LogP contribution in [0.25, 0.3) is 0 Å². The number of hydrogen-bond acceptors (Lipinski definition) is 3. The molecule has 2 aromatic rings. The molecule has 0 aliphatic heterocycles. The maximum absolute atomic E-state index is 13.9. The van der Waals surface area contributed by atoms with Crippen LogP contribution in [0, 0.1) is 23.3 Å². The number of rotatable bonds is 2. The van der Waals surface area contributed by atoms with Crippen molar-refractivity contribution in [3.05, 3.63) is 46.5 Å². The maximum Gasteiger partial charge on any atom is 0.194 e. The molecule has 0 heterocycles. The highest BCUT2D eigenvalue weighted by molar-refractivity contribution is 6.33. The van der Waals surface area contributed by atoms with Gasteiger partial charge in [0.15, 0.2) is 23.3 Å². The predicted octanol–water partition coefficient (Wildman–Crippen LogP) is 3.80. The van der Waals surface area contributed by atoms with Crippen molar-refractivity contribution in [1.29, 1.82) is 0 Å². The lowest BCUT2D eigenvalue weighted by atomic mass is 10.2. The molecule has 0 atom stereocenters. The first kappa shape index (κ1) is 14.3. The fourth-order valence-corrected chi connectivity index (χ4v) is 1.71. The second kappa shape index (κ2) is 5.09. The van der Waals surface area contributed by atoms with Crippen LogP contribution < -0.4 is 16.8 Å². The summed E-state index contributed by atoms with van der Waals surface area (Å²) in [4.78, 5) is 0. The molecule has 0 aliphatic carbocycles. The van der Waals surface area contributed by atoms with E-state index in [0.717, 1.165) is 0 Å². The van der Waals surface area contributed by atoms with Gasteiger partial charge in [0, 0.05) is 17.8 Å². The van der Waals surface area contributed by atoms with Crippen molar-refractivity contribution < 1.29 is 17.6 Å². The molecular formula is C12H8ClF4N3. The fraction of sp³-hybridized carbons (Fsp3) is 0. The molecule has 0 spiro atoms. The third-order valence-electron chi connectivity index (χ3n) is 2.52. The molecule has 0 aromatic heterocycles. The molecule has 0 radical (unpaired) electrons. The molecule has 0 saturated carbocycles. The number of anilines is 4. The Labute approximate surface area is 116 Å². The minimum Gasteiger partial charge on any atom is -0.397 e. The van der Waals surface area contributed by atoms with E-state index in [1.807, 2.05) is 0 Å². The van der Waals surface area contributed by atoms with E-state index in [9.17, 15) is 17.6 Å². The lowest BCUT2D eigenvalue weighted by Gasteiger charge is -2.13. The van der Waals surface area contributed by atoms with Gasteiger partial charge in [-0.25, -0.2) is 17.6 Å². The summed E-state index contributed by atoms with van der Waals surface area (Å²) in [5.74, 6) is -5.45. The predicted molar refractivity (Wildman–Crippen MR) is 69.8 cm³/mol. The summed E-state index contributed by atoms with van der Waals surface area (Å²) in [5.41, 5.74) is 10.2. The van der Waals surface area contributed by atoms with Crippen molar-refractivity contribution in [2.75, 3.05) is 16.8 Å². The maximum atomic E-state index is 13.9. The van der Waals surface area contributed by atoms with Crippen LogP contribution in [-0.2, 0) is 0 Å². The van der Waals surface area contributed by atoms with Gasteiger partial charge in [0.25, 0.3) is 0 Å². The molecule has 0 saturated heterocycles. The minimum absolute atomic E-state index is 0.0799. The van der Waals surface area contributed by atoms with E-state index in [-0.39, 0.29) is 27.8 Å². The number of nitrogens with one attached hydrogen (secondary N) is 1. The van der Waals surface area contributed by atoms with Gasteiger partial charge in [-0.1, -0.05) is 11.6 Å². The zero-order valence-electron chi connectivity index (χ0n) is 9.78. The van der Waals surface area contributed by atoms with Gasteiger partial charge in [0.1, 0.15) is 5.02 Å². The molecule has 8 heteroatoms. The Morgan fingerprint density at radius 1 is 0.850 bits per heavy atom. The van der Waals surface area contributed by atoms with Gasteiger partial charge >= 0.3 is 0 Å². The second-order valence-electron chi connectivity index (χ2n) is 3.94. The van der Waals surface area contributed by atoms with Crippen LogP contribution >= 0.6 is 11.6 Å². The topological polar surface area (TPSA) is 64.1 Å². The standard InChI is InChI=1S/C12H8ClF4N3/c13-9-7(18)3-8(19)12(11(9)17)20-4-1-5(14)10(16)6(15)2-4/h1-3,20H,18-19H2. The monoisotopic (exact) mass is 305 g/mol. The largest absolute Gasteiger partial charge is 0.397 e. The summed E-state index contributed by atoms with van der Waals surface area (Å²) >= 11 is 5.61. The highest BCUT2D eigenvalue weighted by Gasteiger charge is 2.16. The molecule has 20 heavy (non-hydrogen) atoms. The van der Waals surface area contributed by atoms with Gasteiger partial charge < -0.3 is 16.8 Å². The van der Waals surface area contributed by atoms with Crippen molar-refractivity contribution in [1.82, 2.24) is 0 Å². The zero-order chi connectivity index (χ0) is 15.0. The van der Waals surface area contributed by atoms with Crippen LogP contribution in [-0.4, -0.2) is 0 Å². The van der Waals surface area contributed by atoms with Crippen LogP contribution in [0.2, 0.25) is 5.02 Å². The third-order valence-corrected chi connectivity index (χ3v) is 2.90. The van der Waals surface area contributed by atoms with Crippen molar-refractivity contribution in [2.45, 2.75) is 0 Å². The Balaban J connectivity index is 2.48. The summed E-state index contributed by atoms with van der Waals surface area (Å²) in [7, 11) is 0. The van der Waals surface area contributed by atoms with Gasteiger partial charge in [-0.15, -0.1) is 0 Å².